The van der Waals surface area contributed by atoms with E-state index >= 15 is 0 Å². The van der Waals surface area contributed by atoms with Gasteiger partial charge in [0.25, 0.3) is 0 Å². The topological polar surface area (TPSA) is 269 Å². The van der Waals surface area contributed by atoms with E-state index in [4.69, 9.17) is 33.2 Å². The average molecular weight is 959 g/mol. The van der Waals surface area contributed by atoms with E-state index in [1.54, 1.807) is 66.7 Å². The Bertz CT molecular complexity index is 2050. The van der Waals surface area contributed by atoms with E-state index in [9.17, 15) is 48.9 Å². The van der Waals surface area contributed by atoms with Gasteiger partial charge in [-0.25, -0.2) is 19.2 Å². The molecule has 4 aliphatic rings. The quantitative estimate of drug-likeness (QED) is 0.0575. The predicted octanol–water partition coefficient (Wildman–Crippen LogP) is 3.42. The molecule has 1 saturated heterocycles. The highest BCUT2D eigenvalue weighted by Gasteiger charge is 2.72. The maximum Gasteiger partial charge on any atom is 0.408 e. The van der Waals surface area contributed by atoms with Gasteiger partial charge in [-0.3, -0.25) is 14.4 Å². The minimum Gasteiger partial charge on any atom is -0.466 e. The fourth-order valence-electron chi connectivity index (χ4n) is 10.2. The summed E-state index contributed by atoms with van der Waals surface area (Å²) in [5.41, 5.74) is -6.18. The second kappa shape index (κ2) is 22.2. The minimum absolute atomic E-state index is 0.00497. The van der Waals surface area contributed by atoms with Crippen LogP contribution in [0.2, 0.25) is 0 Å². The second-order valence-corrected chi connectivity index (χ2v) is 19.9. The van der Waals surface area contributed by atoms with Crippen molar-refractivity contribution >= 4 is 41.7 Å². The zero-order valence-electron chi connectivity index (χ0n) is 40.6. The Kier molecular flexibility index (Phi) is 17.6. The second-order valence-electron chi connectivity index (χ2n) is 19.9. The molecule has 1 aliphatic heterocycles. The molecule has 19 heteroatoms. The molecule has 3 aliphatic carbocycles. The molecule has 5 rings (SSSR count). The molecule has 1 aromatic carbocycles. The maximum atomic E-state index is 14.8. The van der Waals surface area contributed by atoms with Crippen LogP contribution >= 0.6 is 0 Å². The van der Waals surface area contributed by atoms with E-state index < -0.39 is 132 Å². The first-order valence-electron chi connectivity index (χ1n) is 23.5. The summed E-state index contributed by atoms with van der Waals surface area (Å²) in [5.74, 6) is -6.34. The van der Waals surface area contributed by atoms with Gasteiger partial charge in [-0.2, -0.15) is 0 Å². The molecule has 68 heavy (non-hydrogen) atoms. The maximum absolute atomic E-state index is 14.8. The molecule has 2 bridgehead atoms. The highest BCUT2D eigenvalue weighted by atomic mass is 16.6. The number of carbonyl (C=O) groups excluding carboxylic acids is 7. The first-order valence-corrected chi connectivity index (χ1v) is 23.5. The third-order valence-electron chi connectivity index (χ3n) is 13.9. The van der Waals surface area contributed by atoms with Crippen molar-refractivity contribution in [3.63, 3.8) is 0 Å². The van der Waals surface area contributed by atoms with Gasteiger partial charge in [-0.1, -0.05) is 45.4 Å². The normalized spacial score (nSPS) is 29.2. The molecule has 3 fully saturated rings. The Labute approximate surface area is 397 Å². The van der Waals surface area contributed by atoms with Gasteiger partial charge in [0.15, 0.2) is 5.78 Å². The summed E-state index contributed by atoms with van der Waals surface area (Å²) in [7, 11) is 0. The van der Waals surface area contributed by atoms with Crippen molar-refractivity contribution in [3.05, 3.63) is 47.0 Å². The van der Waals surface area contributed by atoms with Gasteiger partial charge in [0.2, 0.25) is 12.0 Å². The van der Waals surface area contributed by atoms with Crippen molar-refractivity contribution in [2.24, 2.45) is 22.7 Å². The monoisotopic (exact) mass is 958 g/mol. The number of esters is 4. The number of benzene rings is 1. The summed E-state index contributed by atoms with van der Waals surface area (Å²) >= 11 is 0. The third kappa shape index (κ3) is 11.7. The largest absolute Gasteiger partial charge is 0.466 e. The van der Waals surface area contributed by atoms with Gasteiger partial charge >= 0.3 is 30.0 Å². The SMILES string of the molecule is CCOC(=O)CCCCCNC(=O)COCC(=O)O[C@@H](C(=O)O[C@H]1C[C@@]2(O)[C@@H](OC(=O)c3ccccc3)[C@@H]3[C@@H]4CO[C@@H]4C[C@H](O)[C@@]3(C)C(=O)[C@H](O)C(=C1C)C2(C)C)C(CC)NC(=O)OC(C)(C)C. The highest BCUT2D eigenvalue weighted by Crippen LogP contribution is 2.62. The first kappa shape index (κ1) is 54.0. The Hall–Kier alpha value is -4.95. The fourth-order valence-corrected chi connectivity index (χ4v) is 10.2. The van der Waals surface area contributed by atoms with Crippen molar-refractivity contribution in [2.75, 3.05) is 33.0 Å². The molecule has 0 spiro atoms. The lowest BCUT2D eigenvalue weighted by atomic mass is 9.46. The molecule has 0 aromatic heterocycles. The molecule has 2 amide bonds. The molecular formula is C49H70N2O17. The zero-order valence-corrected chi connectivity index (χ0v) is 40.6. The van der Waals surface area contributed by atoms with Gasteiger partial charge in [-0.15, -0.1) is 0 Å². The van der Waals surface area contributed by atoms with E-state index in [0.29, 0.717) is 32.4 Å². The van der Waals surface area contributed by atoms with Crippen LogP contribution in [0.25, 0.3) is 0 Å². The van der Waals surface area contributed by atoms with Crippen LogP contribution in [0.1, 0.15) is 118 Å². The highest BCUT2D eigenvalue weighted by molar-refractivity contribution is 5.94. The Morgan fingerprint density at radius 1 is 0.941 bits per heavy atom. The van der Waals surface area contributed by atoms with Crippen molar-refractivity contribution in [3.8, 4) is 0 Å². The number of unbranched alkanes of at least 4 members (excludes halogenated alkanes) is 2. The van der Waals surface area contributed by atoms with E-state index in [0.717, 1.165) is 0 Å². The van der Waals surface area contributed by atoms with Crippen molar-refractivity contribution in [1.29, 1.82) is 0 Å². The van der Waals surface area contributed by atoms with Gasteiger partial charge in [0, 0.05) is 43.1 Å². The van der Waals surface area contributed by atoms with Gasteiger partial charge < -0.3 is 59.1 Å². The molecule has 378 valence electrons. The van der Waals surface area contributed by atoms with E-state index in [-0.39, 0.29) is 48.5 Å². The van der Waals surface area contributed by atoms with E-state index in [1.165, 1.54) is 26.0 Å². The number of fused-ring (bicyclic) bond motifs is 5. The Balaban J connectivity index is 1.43. The minimum atomic E-state index is -2.22. The summed E-state index contributed by atoms with van der Waals surface area (Å²) < 4.78 is 39.6. The lowest BCUT2D eigenvalue weighted by molar-refractivity contribution is -0.277. The van der Waals surface area contributed by atoms with Crippen LogP contribution < -0.4 is 10.6 Å². The number of aliphatic hydroxyl groups is 3. The number of amides is 2. The van der Waals surface area contributed by atoms with Crippen molar-refractivity contribution in [2.45, 2.75) is 161 Å². The predicted molar refractivity (Wildman–Crippen MR) is 240 cm³/mol. The van der Waals surface area contributed by atoms with Crippen LogP contribution in [-0.4, -0.2) is 144 Å². The van der Waals surface area contributed by atoms with E-state index in [1.807, 2.05) is 0 Å². The van der Waals surface area contributed by atoms with Crippen molar-refractivity contribution in [1.82, 2.24) is 10.6 Å². The number of rotatable bonds is 19. The lowest BCUT2D eigenvalue weighted by Crippen LogP contribution is -2.75. The number of hydrogen-bond acceptors (Lipinski definition) is 17. The molecule has 2 saturated carbocycles. The molecule has 1 heterocycles. The lowest BCUT2D eigenvalue weighted by Gasteiger charge is -2.64. The van der Waals surface area contributed by atoms with Crippen molar-refractivity contribution < 1.29 is 82.0 Å². The van der Waals surface area contributed by atoms with Crippen LogP contribution in [0.5, 0.6) is 0 Å². The summed E-state index contributed by atoms with van der Waals surface area (Å²) in [6.07, 6.45) is -7.98. The number of ketones is 1. The number of alkyl carbamates (subject to hydrolysis) is 1. The van der Waals surface area contributed by atoms with Gasteiger partial charge in [0.1, 0.15) is 42.7 Å². The molecule has 5 N–H and O–H groups in total. The number of nitrogens with one attached hydrogen (secondary N) is 2. The summed E-state index contributed by atoms with van der Waals surface area (Å²) in [6.45, 7) is 13.8. The van der Waals surface area contributed by atoms with Crippen LogP contribution in [0.15, 0.2) is 41.5 Å². The molecule has 1 aromatic rings. The summed E-state index contributed by atoms with van der Waals surface area (Å²) in [5, 5.41) is 42.6. The molecular weight excluding hydrogens is 889 g/mol. The van der Waals surface area contributed by atoms with Crippen LogP contribution in [-0.2, 0) is 57.1 Å². The molecule has 19 nitrogen and oxygen atoms in total. The number of carbonyl (C=O) groups is 7. The van der Waals surface area contributed by atoms with Crippen LogP contribution in [0, 0.1) is 22.7 Å². The zero-order chi connectivity index (χ0) is 50.4. The number of aliphatic hydroxyl groups excluding tert-OH is 2. The van der Waals surface area contributed by atoms with Crippen LogP contribution in [0.4, 0.5) is 4.79 Å². The smallest absolute Gasteiger partial charge is 0.408 e. The number of hydrogen-bond donors (Lipinski definition) is 5. The van der Waals surface area contributed by atoms with Gasteiger partial charge in [0.05, 0.1) is 42.4 Å². The van der Waals surface area contributed by atoms with Crippen LogP contribution in [0.3, 0.4) is 0 Å². The first-order chi connectivity index (χ1) is 31.9. The molecule has 0 radical (unpaired) electrons. The summed E-state index contributed by atoms with van der Waals surface area (Å²) in [6, 6.07) is 6.76. The van der Waals surface area contributed by atoms with E-state index in [2.05, 4.69) is 10.6 Å². The number of Topliss-reactive ketones (excluding diaryl/α,β-unsaturated/α-hetero) is 1. The fraction of sp³-hybridized carbons (Fsp3) is 0.694. The standard InChI is InChI=1S/C49H70N2O17/c1-10-30(51-45(60)68-46(4,5)6)40(66-36(55)26-62-25-34(53)50-21-17-13-16-20-35(54)63-11-2)44(59)65-32-23-49(61)42(67-43(58)28-18-14-12-15-19-28)38-29-24-64-31(29)22-33(52)48(38,9)41(57)39(56)37(27(32)3)47(49,7)8/h12,14-15,18-19,29-33,38-40,42,52,56,61H,10-11,13,16-17,20-26H2,1-9H3,(H,50,53)(H,51,60)/t29-,30?,31-,32+,33+,38+,39-,40-,42+,48-,49-/m1/s1. The Morgan fingerprint density at radius 3 is 2.25 bits per heavy atom. The van der Waals surface area contributed by atoms with Gasteiger partial charge in [-0.05, 0) is 84.1 Å². The third-order valence-corrected chi connectivity index (χ3v) is 13.9. The Morgan fingerprint density at radius 2 is 1.63 bits per heavy atom. The number of ether oxygens (including phenoxy) is 7. The summed E-state index contributed by atoms with van der Waals surface area (Å²) in [4.78, 5) is 93.9. The molecule has 11 atom stereocenters. The molecule has 1 unspecified atom stereocenters. The average Bonchev–Trinajstić information content (AvgIpc) is 3.25.